The SMILES string of the molecule is CCOc1ccc(N)c(SCc2ccn(C(C)CC)n2)c1. The normalized spacial score (nSPS) is 12.3. The number of thioether (sulfide) groups is 1. The van der Waals surface area contributed by atoms with Crippen molar-refractivity contribution in [3.05, 3.63) is 36.2 Å². The van der Waals surface area contributed by atoms with Crippen LogP contribution in [0.5, 0.6) is 5.75 Å². The van der Waals surface area contributed by atoms with Crippen LogP contribution in [0.15, 0.2) is 35.4 Å². The number of ether oxygens (including phenoxy) is 1. The van der Waals surface area contributed by atoms with Crippen molar-refractivity contribution in [2.24, 2.45) is 0 Å². The predicted molar refractivity (Wildman–Crippen MR) is 88.8 cm³/mol. The van der Waals surface area contributed by atoms with Crippen molar-refractivity contribution in [2.45, 2.75) is 43.9 Å². The van der Waals surface area contributed by atoms with E-state index in [-0.39, 0.29) is 0 Å². The average molecular weight is 305 g/mol. The highest BCUT2D eigenvalue weighted by atomic mass is 32.2. The van der Waals surface area contributed by atoms with Gasteiger partial charge in [-0.25, -0.2) is 0 Å². The minimum absolute atomic E-state index is 0.440. The molecule has 0 spiro atoms. The summed E-state index contributed by atoms with van der Waals surface area (Å²) >= 11 is 1.69. The van der Waals surface area contributed by atoms with Crippen LogP contribution in [0.4, 0.5) is 5.69 Å². The molecule has 0 aliphatic heterocycles. The van der Waals surface area contributed by atoms with E-state index in [1.165, 1.54) is 0 Å². The smallest absolute Gasteiger partial charge is 0.120 e. The van der Waals surface area contributed by atoms with Gasteiger partial charge in [0, 0.05) is 28.6 Å². The lowest BCUT2D eigenvalue weighted by Crippen LogP contribution is -2.04. The summed E-state index contributed by atoms with van der Waals surface area (Å²) in [5.41, 5.74) is 7.88. The van der Waals surface area contributed by atoms with Gasteiger partial charge in [-0.2, -0.15) is 5.10 Å². The Morgan fingerprint density at radius 1 is 1.33 bits per heavy atom. The average Bonchev–Trinajstić information content (AvgIpc) is 2.96. The minimum atomic E-state index is 0.440. The van der Waals surface area contributed by atoms with Gasteiger partial charge in [0.1, 0.15) is 5.75 Å². The fourth-order valence-electron chi connectivity index (χ4n) is 1.93. The first-order valence-corrected chi connectivity index (χ1v) is 8.31. The number of hydrogen-bond acceptors (Lipinski definition) is 4. The summed E-state index contributed by atoms with van der Waals surface area (Å²) in [5.74, 6) is 1.67. The van der Waals surface area contributed by atoms with Crippen molar-refractivity contribution in [1.29, 1.82) is 0 Å². The van der Waals surface area contributed by atoms with Gasteiger partial charge in [0.2, 0.25) is 0 Å². The van der Waals surface area contributed by atoms with Crippen molar-refractivity contribution in [3.8, 4) is 5.75 Å². The summed E-state index contributed by atoms with van der Waals surface area (Å²) in [6.45, 7) is 6.98. The second kappa shape index (κ2) is 7.41. The Kier molecular flexibility index (Phi) is 5.56. The molecule has 0 saturated carbocycles. The zero-order valence-corrected chi connectivity index (χ0v) is 13.7. The maximum atomic E-state index is 6.02. The minimum Gasteiger partial charge on any atom is -0.494 e. The van der Waals surface area contributed by atoms with Crippen molar-refractivity contribution >= 4 is 17.4 Å². The summed E-state index contributed by atoms with van der Waals surface area (Å²) in [6, 6.07) is 8.30. The van der Waals surface area contributed by atoms with Crippen molar-refractivity contribution < 1.29 is 4.74 Å². The first-order valence-electron chi connectivity index (χ1n) is 7.33. The molecule has 1 heterocycles. The van der Waals surface area contributed by atoms with Gasteiger partial charge < -0.3 is 10.5 Å². The number of nitrogens with two attached hydrogens (primary N) is 1. The first kappa shape index (κ1) is 15.8. The molecule has 2 N–H and O–H groups in total. The molecular formula is C16H23N3OS. The first-order chi connectivity index (χ1) is 10.1. The molecule has 1 unspecified atom stereocenters. The third-order valence-corrected chi connectivity index (χ3v) is 4.48. The van der Waals surface area contributed by atoms with E-state index in [9.17, 15) is 0 Å². The Morgan fingerprint density at radius 2 is 2.14 bits per heavy atom. The zero-order chi connectivity index (χ0) is 15.2. The van der Waals surface area contributed by atoms with Gasteiger partial charge in [0.15, 0.2) is 0 Å². The van der Waals surface area contributed by atoms with E-state index in [0.29, 0.717) is 12.6 Å². The number of aromatic nitrogens is 2. The summed E-state index contributed by atoms with van der Waals surface area (Å²) in [4.78, 5) is 1.04. The fourth-order valence-corrected chi connectivity index (χ4v) is 2.83. The number of hydrogen-bond donors (Lipinski definition) is 1. The molecule has 21 heavy (non-hydrogen) atoms. The molecule has 5 heteroatoms. The van der Waals surface area contributed by atoms with Gasteiger partial charge in [-0.15, -0.1) is 11.8 Å². The molecule has 0 saturated heterocycles. The van der Waals surface area contributed by atoms with Gasteiger partial charge in [0.05, 0.1) is 12.3 Å². The summed E-state index contributed by atoms with van der Waals surface area (Å²) < 4.78 is 7.54. The largest absolute Gasteiger partial charge is 0.494 e. The number of benzene rings is 1. The molecule has 0 bridgehead atoms. The van der Waals surface area contributed by atoms with E-state index < -0.39 is 0 Å². The van der Waals surface area contributed by atoms with Crippen molar-refractivity contribution in [2.75, 3.05) is 12.3 Å². The van der Waals surface area contributed by atoms with Crippen LogP contribution in [0.2, 0.25) is 0 Å². The van der Waals surface area contributed by atoms with Gasteiger partial charge in [-0.05, 0) is 44.5 Å². The maximum absolute atomic E-state index is 6.02. The molecule has 0 aliphatic rings. The molecule has 2 aromatic rings. The molecule has 0 aliphatic carbocycles. The molecule has 1 atom stereocenters. The molecule has 0 amide bonds. The lowest BCUT2D eigenvalue weighted by molar-refractivity contribution is 0.339. The molecular weight excluding hydrogens is 282 g/mol. The second-order valence-electron chi connectivity index (χ2n) is 4.97. The van der Waals surface area contributed by atoms with Crippen molar-refractivity contribution in [1.82, 2.24) is 9.78 Å². The molecule has 0 fully saturated rings. The van der Waals surface area contributed by atoms with Gasteiger partial charge in [-0.1, -0.05) is 6.92 Å². The highest BCUT2D eigenvalue weighted by molar-refractivity contribution is 7.98. The highest BCUT2D eigenvalue weighted by Crippen LogP contribution is 2.31. The van der Waals surface area contributed by atoms with E-state index in [2.05, 4.69) is 25.0 Å². The fraction of sp³-hybridized carbons (Fsp3) is 0.438. The molecule has 1 aromatic carbocycles. The maximum Gasteiger partial charge on any atom is 0.120 e. The van der Waals surface area contributed by atoms with Crippen LogP contribution in [0.1, 0.15) is 38.9 Å². The Bertz CT molecular complexity index is 583. The molecule has 2 rings (SSSR count). The number of anilines is 1. The standard InChI is InChI=1S/C16H23N3OS/c1-4-12(3)19-9-8-13(18-19)11-21-16-10-14(20-5-2)6-7-15(16)17/h6-10,12H,4-5,11,17H2,1-3H3. The van der Waals surface area contributed by atoms with Crippen LogP contribution in [0, 0.1) is 0 Å². The molecule has 0 radical (unpaired) electrons. The Balaban J connectivity index is 2.02. The van der Waals surface area contributed by atoms with E-state index in [0.717, 1.165) is 34.2 Å². The summed E-state index contributed by atoms with van der Waals surface area (Å²) in [6.07, 6.45) is 3.13. The number of rotatable bonds is 7. The Morgan fingerprint density at radius 3 is 2.86 bits per heavy atom. The van der Waals surface area contributed by atoms with Crippen LogP contribution in [-0.4, -0.2) is 16.4 Å². The Hall–Kier alpha value is -1.62. The topological polar surface area (TPSA) is 53.1 Å². The van der Waals surface area contributed by atoms with E-state index in [1.807, 2.05) is 36.0 Å². The quantitative estimate of drug-likeness (QED) is 0.617. The zero-order valence-electron chi connectivity index (χ0n) is 12.9. The summed E-state index contributed by atoms with van der Waals surface area (Å²) in [5, 5.41) is 4.61. The number of nitrogen functional groups attached to an aromatic ring is 1. The Labute approximate surface area is 130 Å². The van der Waals surface area contributed by atoms with Gasteiger partial charge >= 0.3 is 0 Å². The monoisotopic (exact) mass is 305 g/mol. The molecule has 4 nitrogen and oxygen atoms in total. The van der Waals surface area contributed by atoms with E-state index in [4.69, 9.17) is 10.5 Å². The third kappa shape index (κ3) is 4.17. The van der Waals surface area contributed by atoms with Crippen LogP contribution in [0.3, 0.4) is 0 Å². The van der Waals surface area contributed by atoms with Crippen LogP contribution < -0.4 is 10.5 Å². The molecule has 114 valence electrons. The van der Waals surface area contributed by atoms with Crippen molar-refractivity contribution in [3.63, 3.8) is 0 Å². The van der Waals surface area contributed by atoms with E-state index in [1.54, 1.807) is 11.8 Å². The second-order valence-corrected chi connectivity index (χ2v) is 5.98. The lowest BCUT2D eigenvalue weighted by Gasteiger charge is -2.09. The highest BCUT2D eigenvalue weighted by Gasteiger charge is 2.07. The predicted octanol–water partition coefficient (Wildman–Crippen LogP) is 4.13. The van der Waals surface area contributed by atoms with Crippen LogP contribution >= 0.6 is 11.8 Å². The lowest BCUT2D eigenvalue weighted by atomic mass is 10.3. The van der Waals surface area contributed by atoms with Gasteiger partial charge in [-0.3, -0.25) is 4.68 Å². The van der Waals surface area contributed by atoms with E-state index >= 15 is 0 Å². The van der Waals surface area contributed by atoms with Gasteiger partial charge in [0.25, 0.3) is 0 Å². The van der Waals surface area contributed by atoms with Crippen LogP contribution in [0.25, 0.3) is 0 Å². The number of nitrogens with zero attached hydrogens (tertiary/aromatic N) is 2. The third-order valence-electron chi connectivity index (χ3n) is 3.38. The van der Waals surface area contributed by atoms with Crippen LogP contribution in [-0.2, 0) is 5.75 Å². The molecule has 1 aromatic heterocycles. The summed E-state index contributed by atoms with van der Waals surface area (Å²) in [7, 11) is 0.